The topological polar surface area (TPSA) is 83.5 Å². The van der Waals surface area contributed by atoms with Gasteiger partial charge in [-0.15, -0.1) is 0 Å². The molecule has 0 spiro atoms. The molecular formula is C24H21NO4S. The Labute approximate surface area is 175 Å². The summed E-state index contributed by atoms with van der Waals surface area (Å²) >= 11 is 0. The molecule has 152 valence electrons. The lowest BCUT2D eigenvalue weighted by Crippen LogP contribution is -2.09. The summed E-state index contributed by atoms with van der Waals surface area (Å²) in [4.78, 5) is 11.4. The van der Waals surface area contributed by atoms with Crippen LogP contribution in [-0.4, -0.2) is 25.7 Å². The lowest BCUT2D eigenvalue weighted by atomic mass is 9.91. The van der Waals surface area contributed by atoms with Gasteiger partial charge in [0, 0.05) is 5.69 Å². The Morgan fingerprint density at radius 3 is 2.43 bits per heavy atom. The lowest BCUT2D eigenvalue weighted by molar-refractivity contribution is 0.0696. The van der Waals surface area contributed by atoms with E-state index in [1.165, 1.54) is 5.56 Å². The molecule has 3 aromatic rings. The Kier molecular flexibility index (Phi) is 5.18. The van der Waals surface area contributed by atoms with E-state index >= 15 is 0 Å². The van der Waals surface area contributed by atoms with E-state index in [0.29, 0.717) is 5.69 Å². The standard InChI is InChI=1S/C24H21NO4S/c1-30(28,29)25-20-7-4-5-16(13-20)14-23-21-8-3-2-6-17(21)9-10-18-15-19(24(26)27)11-12-22(18)23/h2-8,11-15,25H,9-10H2,1H3,(H,26,27). The van der Waals surface area contributed by atoms with Crippen LogP contribution in [0.4, 0.5) is 5.69 Å². The van der Waals surface area contributed by atoms with Gasteiger partial charge >= 0.3 is 5.97 Å². The number of carboxylic acids is 1. The number of fused-ring (bicyclic) bond motifs is 2. The van der Waals surface area contributed by atoms with E-state index in [2.05, 4.69) is 16.9 Å². The van der Waals surface area contributed by atoms with Crippen molar-refractivity contribution >= 4 is 33.3 Å². The van der Waals surface area contributed by atoms with Crippen LogP contribution in [0, 0.1) is 0 Å². The maximum Gasteiger partial charge on any atom is 0.335 e. The number of anilines is 1. The summed E-state index contributed by atoms with van der Waals surface area (Å²) in [6, 6.07) is 20.6. The van der Waals surface area contributed by atoms with Gasteiger partial charge in [0.05, 0.1) is 11.8 Å². The molecule has 2 N–H and O–H groups in total. The van der Waals surface area contributed by atoms with Crippen LogP contribution in [-0.2, 0) is 22.9 Å². The largest absolute Gasteiger partial charge is 0.478 e. The number of hydrogen-bond donors (Lipinski definition) is 2. The summed E-state index contributed by atoms with van der Waals surface area (Å²) in [6.07, 6.45) is 4.71. The number of rotatable bonds is 4. The molecule has 4 rings (SSSR count). The van der Waals surface area contributed by atoms with E-state index in [0.717, 1.165) is 46.9 Å². The van der Waals surface area contributed by atoms with E-state index in [1.807, 2.05) is 30.3 Å². The van der Waals surface area contributed by atoms with Crippen LogP contribution in [0.15, 0.2) is 66.7 Å². The van der Waals surface area contributed by atoms with E-state index in [1.54, 1.807) is 30.3 Å². The number of aromatic carboxylic acids is 1. The number of carboxylic acid groups (broad SMARTS) is 1. The van der Waals surface area contributed by atoms with Gasteiger partial charge in [0.1, 0.15) is 0 Å². The van der Waals surface area contributed by atoms with Gasteiger partial charge < -0.3 is 5.11 Å². The number of carbonyl (C=O) groups is 1. The Morgan fingerprint density at radius 1 is 0.933 bits per heavy atom. The first-order valence-corrected chi connectivity index (χ1v) is 11.4. The molecule has 0 aromatic heterocycles. The van der Waals surface area contributed by atoms with Crippen LogP contribution in [0.2, 0.25) is 0 Å². The molecule has 1 aliphatic carbocycles. The summed E-state index contributed by atoms with van der Waals surface area (Å²) in [5, 5.41) is 9.38. The highest BCUT2D eigenvalue weighted by molar-refractivity contribution is 7.92. The smallest absolute Gasteiger partial charge is 0.335 e. The molecule has 6 heteroatoms. The molecule has 0 unspecified atom stereocenters. The SMILES string of the molecule is CS(=O)(=O)Nc1cccc(C=C2c3ccccc3CCc3cc(C(=O)O)ccc32)c1. The van der Waals surface area contributed by atoms with Gasteiger partial charge in [-0.05, 0) is 76.6 Å². The zero-order valence-corrected chi connectivity index (χ0v) is 17.2. The third kappa shape index (κ3) is 4.28. The minimum atomic E-state index is -3.37. The van der Waals surface area contributed by atoms with Gasteiger partial charge in [-0.2, -0.15) is 0 Å². The number of sulfonamides is 1. The fraction of sp³-hybridized carbons (Fsp3) is 0.125. The minimum absolute atomic E-state index is 0.276. The third-order valence-corrected chi connectivity index (χ3v) is 5.72. The zero-order chi connectivity index (χ0) is 21.3. The van der Waals surface area contributed by atoms with E-state index in [-0.39, 0.29) is 5.56 Å². The molecule has 5 nitrogen and oxygen atoms in total. The Hall–Kier alpha value is -3.38. The van der Waals surface area contributed by atoms with Crippen molar-refractivity contribution in [1.29, 1.82) is 0 Å². The zero-order valence-electron chi connectivity index (χ0n) is 16.4. The van der Waals surface area contributed by atoms with Crippen molar-refractivity contribution in [2.75, 3.05) is 11.0 Å². The van der Waals surface area contributed by atoms with Crippen LogP contribution in [0.1, 0.15) is 38.2 Å². The molecule has 0 saturated carbocycles. The molecule has 0 saturated heterocycles. The van der Waals surface area contributed by atoms with Gasteiger partial charge in [-0.1, -0.05) is 42.5 Å². The van der Waals surface area contributed by atoms with Crippen molar-refractivity contribution in [2.45, 2.75) is 12.8 Å². The van der Waals surface area contributed by atoms with Crippen molar-refractivity contribution < 1.29 is 18.3 Å². The molecule has 3 aromatic carbocycles. The molecule has 0 radical (unpaired) electrons. The average molecular weight is 420 g/mol. The molecule has 0 aliphatic heterocycles. The summed E-state index contributed by atoms with van der Waals surface area (Å²) in [5.41, 5.74) is 6.89. The number of benzene rings is 3. The molecule has 30 heavy (non-hydrogen) atoms. The predicted octanol–water partition coefficient (Wildman–Crippen LogP) is 4.44. The van der Waals surface area contributed by atoms with Gasteiger partial charge in [-0.3, -0.25) is 4.72 Å². The van der Waals surface area contributed by atoms with Crippen LogP contribution >= 0.6 is 0 Å². The first-order chi connectivity index (χ1) is 14.3. The van der Waals surface area contributed by atoms with Gasteiger partial charge in [-0.25, -0.2) is 13.2 Å². The monoisotopic (exact) mass is 419 g/mol. The first kappa shape index (κ1) is 19.9. The van der Waals surface area contributed by atoms with Gasteiger partial charge in [0.15, 0.2) is 0 Å². The maximum atomic E-state index is 11.6. The van der Waals surface area contributed by atoms with Crippen molar-refractivity contribution in [3.8, 4) is 0 Å². The fourth-order valence-electron chi connectivity index (χ4n) is 3.84. The molecule has 0 heterocycles. The molecule has 0 bridgehead atoms. The molecular weight excluding hydrogens is 398 g/mol. The van der Waals surface area contributed by atoms with E-state index in [9.17, 15) is 18.3 Å². The van der Waals surface area contributed by atoms with Crippen LogP contribution in [0.3, 0.4) is 0 Å². The Bertz CT molecular complexity index is 1280. The summed E-state index contributed by atoms with van der Waals surface area (Å²) in [6.45, 7) is 0. The average Bonchev–Trinajstić information content (AvgIpc) is 2.84. The van der Waals surface area contributed by atoms with E-state index in [4.69, 9.17) is 0 Å². The molecule has 0 atom stereocenters. The Morgan fingerprint density at radius 2 is 1.67 bits per heavy atom. The van der Waals surface area contributed by atoms with Crippen LogP contribution in [0.25, 0.3) is 11.6 Å². The highest BCUT2D eigenvalue weighted by Crippen LogP contribution is 2.35. The number of nitrogens with one attached hydrogen (secondary N) is 1. The second-order valence-electron chi connectivity index (χ2n) is 7.39. The minimum Gasteiger partial charge on any atom is -0.478 e. The molecule has 0 amide bonds. The predicted molar refractivity (Wildman–Crippen MR) is 119 cm³/mol. The summed E-state index contributed by atoms with van der Waals surface area (Å²) in [7, 11) is -3.37. The van der Waals surface area contributed by atoms with Crippen LogP contribution < -0.4 is 4.72 Å². The third-order valence-electron chi connectivity index (χ3n) is 5.11. The lowest BCUT2D eigenvalue weighted by Gasteiger charge is -2.13. The highest BCUT2D eigenvalue weighted by Gasteiger charge is 2.19. The van der Waals surface area contributed by atoms with Crippen LogP contribution in [0.5, 0.6) is 0 Å². The second kappa shape index (κ2) is 7.80. The normalized spacial score (nSPS) is 14.5. The highest BCUT2D eigenvalue weighted by atomic mass is 32.2. The fourth-order valence-corrected chi connectivity index (χ4v) is 4.40. The molecule has 0 fully saturated rings. The van der Waals surface area contributed by atoms with E-state index < -0.39 is 16.0 Å². The van der Waals surface area contributed by atoms with Crippen molar-refractivity contribution in [3.05, 3.63) is 100 Å². The second-order valence-corrected chi connectivity index (χ2v) is 9.14. The number of hydrogen-bond acceptors (Lipinski definition) is 3. The van der Waals surface area contributed by atoms with Gasteiger partial charge in [0.2, 0.25) is 10.0 Å². The number of aryl methyl sites for hydroxylation is 2. The first-order valence-electron chi connectivity index (χ1n) is 9.54. The van der Waals surface area contributed by atoms with Crippen molar-refractivity contribution in [2.24, 2.45) is 0 Å². The van der Waals surface area contributed by atoms with Crippen molar-refractivity contribution in [1.82, 2.24) is 0 Å². The Balaban J connectivity index is 1.88. The van der Waals surface area contributed by atoms with Gasteiger partial charge in [0.25, 0.3) is 0 Å². The maximum absolute atomic E-state index is 11.6. The quantitative estimate of drug-likeness (QED) is 0.655. The van der Waals surface area contributed by atoms with Crippen molar-refractivity contribution in [3.63, 3.8) is 0 Å². The molecule has 1 aliphatic rings. The summed E-state index contributed by atoms with van der Waals surface area (Å²) < 4.78 is 25.7. The summed E-state index contributed by atoms with van der Waals surface area (Å²) in [5.74, 6) is -0.940.